The molecule has 118 valence electrons. The minimum Gasteiger partial charge on any atom is -0.339 e. The molecule has 0 aliphatic carbocycles. The van der Waals surface area contributed by atoms with Crippen LogP contribution in [-0.2, 0) is 0 Å². The summed E-state index contributed by atoms with van der Waals surface area (Å²) in [6.07, 6.45) is 3.74. The quantitative estimate of drug-likeness (QED) is 0.840. The molecule has 0 unspecified atom stereocenters. The number of anilines is 1. The second kappa shape index (κ2) is 7.64. The molecule has 0 spiro atoms. The summed E-state index contributed by atoms with van der Waals surface area (Å²) < 4.78 is 0. The zero-order chi connectivity index (χ0) is 15.9. The Bertz CT molecular complexity index is 531. The fourth-order valence-corrected chi connectivity index (χ4v) is 2.43. The van der Waals surface area contributed by atoms with E-state index < -0.39 is 0 Å². The lowest BCUT2D eigenvalue weighted by Gasteiger charge is -2.30. The van der Waals surface area contributed by atoms with Crippen LogP contribution in [-0.4, -0.2) is 36.5 Å². The molecule has 5 nitrogen and oxygen atoms in total. The van der Waals surface area contributed by atoms with Crippen LogP contribution in [0.3, 0.4) is 0 Å². The fraction of sp³-hybridized carbons (Fsp3) is 0.412. The third kappa shape index (κ3) is 4.35. The minimum atomic E-state index is -0.288. The molecule has 1 fully saturated rings. The molecule has 1 saturated heterocycles. The van der Waals surface area contributed by atoms with Crippen molar-refractivity contribution in [3.05, 3.63) is 42.5 Å². The van der Waals surface area contributed by atoms with Gasteiger partial charge in [0.15, 0.2) is 0 Å². The number of rotatable bonds is 4. The fourth-order valence-electron chi connectivity index (χ4n) is 2.43. The Hall–Kier alpha value is -2.30. The third-order valence-corrected chi connectivity index (χ3v) is 3.87. The van der Waals surface area contributed by atoms with E-state index >= 15 is 0 Å². The molecule has 0 aromatic heterocycles. The topological polar surface area (TPSA) is 61.4 Å². The van der Waals surface area contributed by atoms with E-state index in [0.29, 0.717) is 23.7 Å². The highest BCUT2D eigenvalue weighted by Crippen LogP contribution is 2.19. The zero-order valence-corrected chi connectivity index (χ0v) is 13.0. The highest BCUT2D eigenvalue weighted by Gasteiger charge is 2.21. The first kappa shape index (κ1) is 16.1. The van der Waals surface area contributed by atoms with Gasteiger partial charge in [0.05, 0.1) is 0 Å². The average molecular weight is 301 g/mol. The summed E-state index contributed by atoms with van der Waals surface area (Å²) in [6.45, 7) is 7.82. The summed E-state index contributed by atoms with van der Waals surface area (Å²) >= 11 is 0. The van der Waals surface area contributed by atoms with E-state index in [1.165, 1.54) is 0 Å². The second-order valence-corrected chi connectivity index (χ2v) is 5.68. The summed E-state index contributed by atoms with van der Waals surface area (Å²) in [5.74, 6) is 0.763. The Morgan fingerprint density at radius 1 is 1.27 bits per heavy atom. The van der Waals surface area contributed by atoms with Crippen molar-refractivity contribution in [3.8, 4) is 0 Å². The molecule has 1 aromatic rings. The molecule has 0 radical (unpaired) electrons. The number of nitrogens with one attached hydrogen (secondary N) is 2. The highest BCUT2D eigenvalue weighted by molar-refractivity contribution is 5.95. The Morgan fingerprint density at radius 3 is 2.50 bits per heavy atom. The largest absolute Gasteiger partial charge is 0.339 e. The Kier molecular flexibility index (Phi) is 5.58. The predicted octanol–water partition coefficient (Wildman–Crippen LogP) is 2.87. The molecule has 0 atom stereocenters. The SMILES string of the molecule is C=CCNC(=O)Nc1ccc(C(=O)N2CCC(C)CC2)cc1. The van der Waals surface area contributed by atoms with Crippen molar-refractivity contribution in [3.63, 3.8) is 0 Å². The van der Waals surface area contributed by atoms with E-state index in [9.17, 15) is 9.59 Å². The van der Waals surface area contributed by atoms with E-state index in [1.807, 2.05) is 4.90 Å². The Morgan fingerprint density at radius 2 is 1.91 bits per heavy atom. The van der Waals surface area contributed by atoms with E-state index in [4.69, 9.17) is 0 Å². The molecule has 1 heterocycles. The predicted molar refractivity (Wildman–Crippen MR) is 88.0 cm³/mol. The number of amides is 3. The van der Waals surface area contributed by atoms with Crippen molar-refractivity contribution in [2.75, 3.05) is 25.0 Å². The molecule has 1 aromatic carbocycles. The number of likely N-dealkylation sites (tertiary alicyclic amines) is 1. The summed E-state index contributed by atoms with van der Waals surface area (Å²) in [5.41, 5.74) is 1.32. The summed E-state index contributed by atoms with van der Waals surface area (Å²) in [4.78, 5) is 25.8. The van der Waals surface area contributed by atoms with Crippen LogP contribution in [0.1, 0.15) is 30.1 Å². The molecular weight excluding hydrogens is 278 g/mol. The van der Waals surface area contributed by atoms with E-state index in [2.05, 4.69) is 24.1 Å². The molecule has 5 heteroatoms. The van der Waals surface area contributed by atoms with Gasteiger partial charge in [-0.2, -0.15) is 0 Å². The maximum atomic E-state index is 12.4. The van der Waals surface area contributed by atoms with Crippen molar-refractivity contribution in [1.82, 2.24) is 10.2 Å². The van der Waals surface area contributed by atoms with Gasteiger partial charge in [0.25, 0.3) is 5.91 Å². The molecule has 3 amide bonds. The van der Waals surface area contributed by atoms with Gasteiger partial charge in [-0.05, 0) is 43.0 Å². The molecule has 0 bridgehead atoms. The van der Waals surface area contributed by atoms with Crippen molar-refractivity contribution < 1.29 is 9.59 Å². The number of nitrogens with zero attached hydrogens (tertiary/aromatic N) is 1. The second-order valence-electron chi connectivity index (χ2n) is 5.68. The zero-order valence-electron chi connectivity index (χ0n) is 13.0. The monoisotopic (exact) mass is 301 g/mol. The van der Waals surface area contributed by atoms with Gasteiger partial charge < -0.3 is 15.5 Å². The first-order valence-corrected chi connectivity index (χ1v) is 7.65. The molecule has 1 aliphatic rings. The molecular formula is C17H23N3O2. The summed E-state index contributed by atoms with van der Waals surface area (Å²) in [6, 6.07) is 6.71. The van der Waals surface area contributed by atoms with Crippen LogP contribution < -0.4 is 10.6 Å². The van der Waals surface area contributed by atoms with Crippen molar-refractivity contribution in [1.29, 1.82) is 0 Å². The standard InChI is InChI=1S/C17H23N3O2/c1-3-10-18-17(22)19-15-6-4-14(5-7-15)16(21)20-11-8-13(2)9-12-20/h3-7,13H,1,8-12H2,2H3,(H2,18,19,22). The van der Waals surface area contributed by atoms with Crippen molar-refractivity contribution >= 4 is 17.6 Å². The molecule has 2 rings (SSSR count). The van der Waals surface area contributed by atoms with Gasteiger partial charge in [-0.3, -0.25) is 4.79 Å². The van der Waals surface area contributed by atoms with Crippen LogP contribution in [0, 0.1) is 5.92 Å². The van der Waals surface area contributed by atoms with Crippen molar-refractivity contribution in [2.24, 2.45) is 5.92 Å². The van der Waals surface area contributed by atoms with Gasteiger partial charge in [-0.1, -0.05) is 13.0 Å². The van der Waals surface area contributed by atoms with Crippen LogP contribution in [0.15, 0.2) is 36.9 Å². The molecule has 1 aliphatic heterocycles. The maximum absolute atomic E-state index is 12.4. The Labute approximate surface area is 131 Å². The smallest absolute Gasteiger partial charge is 0.319 e. The maximum Gasteiger partial charge on any atom is 0.319 e. The number of carbonyl (C=O) groups is 2. The number of benzene rings is 1. The van der Waals surface area contributed by atoms with Crippen LogP contribution in [0.5, 0.6) is 0 Å². The highest BCUT2D eigenvalue weighted by atomic mass is 16.2. The van der Waals surface area contributed by atoms with Gasteiger partial charge in [0.2, 0.25) is 0 Å². The number of hydrogen-bond donors (Lipinski definition) is 2. The summed E-state index contributed by atoms with van der Waals surface area (Å²) in [5, 5.41) is 5.34. The van der Waals surface area contributed by atoms with E-state index in [0.717, 1.165) is 25.9 Å². The average Bonchev–Trinajstić information content (AvgIpc) is 2.54. The minimum absolute atomic E-state index is 0.0644. The lowest BCUT2D eigenvalue weighted by Crippen LogP contribution is -2.37. The van der Waals surface area contributed by atoms with Gasteiger partial charge in [0, 0.05) is 30.9 Å². The van der Waals surface area contributed by atoms with Crippen LogP contribution in [0.25, 0.3) is 0 Å². The number of carbonyl (C=O) groups excluding carboxylic acids is 2. The lowest BCUT2D eigenvalue weighted by atomic mass is 9.98. The number of piperidine rings is 1. The van der Waals surface area contributed by atoms with Crippen LogP contribution in [0.4, 0.5) is 10.5 Å². The molecule has 22 heavy (non-hydrogen) atoms. The first-order valence-electron chi connectivity index (χ1n) is 7.65. The summed E-state index contributed by atoms with van der Waals surface area (Å²) in [7, 11) is 0. The number of hydrogen-bond acceptors (Lipinski definition) is 2. The third-order valence-electron chi connectivity index (χ3n) is 3.87. The van der Waals surface area contributed by atoms with E-state index in [1.54, 1.807) is 30.3 Å². The number of urea groups is 1. The van der Waals surface area contributed by atoms with Crippen LogP contribution in [0.2, 0.25) is 0 Å². The van der Waals surface area contributed by atoms with Gasteiger partial charge in [0.1, 0.15) is 0 Å². The van der Waals surface area contributed by atoms with Gasteiger partial charge >= 0.3 is 6.03 Å². The van der Waals surface area contributed by atoms with Crippen LogP contribution >= 0.6 is 0 Å². The van der Waals surface area contributed by atoms with Gasteiger partial charge in [-0.15, -0.1) is 6.58 Å². The normalized spacial score (nSPS) is 15.2. The van der Waals surface area contributed by atoms with Crippen molar-refractivity contribution in [2.45, 2.75) is 19.8 Å². The molecule has 2 N–H and O–H groups in total. The molecule has 0 saturated carbocycles. The van der Waals surface area contributed by atoms with Gasteiger partial charge in [-0.25, -0.2) is 4.79 Å². The first-order chi connectivity index (χ1) is 10.6. The van der Waals surface area contributed by atoms with E-state index in [-0.39, 0.29) is 11.9 Å². The lowest BCUT2D eigenvalue weighted by molar-refractivity contribution is 0.0697. The Balaban J connectivity index is 1.92.